The Kier molecular flexibility index (Phi) is 15.0. The summed E-state index contributed by atoms with van der Waals surface area (Å²) in [5.41, 5.74) is 2.48. The van der Waals surface area contributed by atoms with Gasteiger partial charge in [0, 0.05) is 20.3 Å². The molecule has 0 saturated carbocycles. The number of carboxylic acid groups (broad SMARTS) is 1. The first-order valence-corrected chi connectivity index (χ1v) is 15.0. The van der Waals surface area contributed by atoms with Crippen molar-refractivity contribution < 1.29 is 78.7 Å². The van der Waals surface area contributed by atoms with Crippen molar-refractivity contribution in [2.45, 2.75) is 113 Å². The van der Waals surface area contributed by atoms with E-state index in [1.807, 2.05) is 0 Å². The second-order valence-electron chi connectivity index (χ2n) is 11.5. The SMILES string of the molecule is CC[C@H](NC(=O)CO[C@@H]1[C@@H](NC(C)=O)[C@H](O)O[C@H](CO)[C@]1(O)[C@@H]1O[C@H](CO)[C@@H](O)[C@H](O)[C@H]1NC(C)=O)C(=O)N[C@H](CCC(=O)O)C(N)=O. The first kappa shape index (κ1) is 40.6. The predicted molar refractivity (Wildman–Crippen MR) is 156 cm³/mol. The third-order valence-electron chi connectivity index (χ3n) is 7.96. The third kappa shape index (κ3) is 9.76. The van der Waals surface area contributed by atoms with E-state index in [0.717, 1.165) is 13.8 Å². The maximum atomic E-state index is 13.1. The minimum atomic E-state index is -2.77. The molecule has 48 heavy (non-hydrogen) atoms. The summed E-state index contributed by atoms with van der Waals surface area (Å²) < 4.78 is 16.8. The minimum absolute atomic E-state index is 0.0416. The average Bonchev–Trinajstić information content (AvgIpc) is 3.00. The van der Waals surface area contributed by atoms with Gasteiger partial charge in [0.25, 0.3) is 0 Å². The highest BCUT2D eigenvalue weighted by molar-refractivity contribution is 5.92. The van der Waals surface area contributed by atoms with Crippen molar-refractivity contribution in [3.8, 4) is 0 Å². The normalized spacial score (nSPS) is 33.1. The molecule has 0 aliphatic carbocycles. The Morgan fingerprint density at radius 3 is 2.00 bits per heavy atom. The summed E-state index contributed by atoms with van der Waals surface area (Å²) in [5.74, 6) is -5.74. The molecule has 5 amide bonds. The summed E-state index contributed by atoms with van der Waals surface area (Å²) in [6, 6.07) is -6.07. The number of hydrogen-bond acceptors (Lipinski definition) is 15. The van der Waals surface area contributed by atoms with Crippen LogP contribution in [0.2, 0.25) is 0 Å². The molecule has 2 fully saturated rings. The number of amides is 5. The number of nitrogens with two attached hydrogens (primary N) is 1. The number of aliphatic hydroxyl groups is 6. The van der Waals surface area contributed by atoms with Gasteiger partial charge in [-0.3, -0.25) is 28.8 Å². The largest absolute Gasteiger partial charge is 0.481 e. The van der Waals surface area contributed by atoms with Gasteiger partial charge >= 0.3 is 5.97 Å². The van der Waals surface area contributed by atoms with Crippen LogP contribution in [0.15, 0.2) is 0 Å². The maximum absolute atomic E-state index is 13.1. The lowest BCUT2D eigenvalue weighted by Crippen LogP contribution is -2.80. The topological polar surface area (TPSA) is 346 Å². The van der Waals surface area contributed by atoms with Crippen LogP contribution in [0, 0.1) is 0 Å². The number of aliphatic hydroxyl groups excluding tert-OH is 5. The van der Waals surface area contributed by atoms with Gasteiger partial charge in [0.1, 0.15) is 67.0 Å². The molecule has 0 unspecified atom stereocenters. The molecule has 0 bridgehead atoms. The van der Waals surface area contributed by atoms with E-state index >= 15 is 0 Å². The van der Waals surface area contributed by atoms with Crippen LogP contribution in [0.1, 0.15) is 40.0 Å². The number of carbonyl (C=O) groups excluding carboxylic acids is 5. The molecule has 2 aliphatic rings. The number of aliphatic carboxylic acids is 1. The summed E-state index contributed by atoms with van der Waals surface area (Å²) in [5, 5.41) is 82.5. The van der Waals surface area contributed by atoms with Gasteiger partial charge in [-0.15, -0.1) is 0 Å². The lowest BCUT2D eigenvalue weighted by atomic mass is 9.73. The van der Waals surface area contributed by atoms with Crippen molar-refractivity contribution in [3.63, 3.8) is 0 Å². The van der Waals surface area contributed by atoms with E-state index in [4.69, 9.17) is 25.1 Å². The van der Waals surface area contributed by atoms with Gasteiger partial charge < -0.3 is 77.0 Å². The Morgan fingerprint density at radius 1 is 0.896 bits per heavy atom. The standard InChI is InChI=1S/C27H45N5O16/c1-4-12(25(43)32-13(24(28)42)5-6-17(38)39)31-16(37)9-46-22-19(30-11(3)36)26(44)48-15(8-34)27(22,45)23-18(29-10(2)35)21(41)20(40)14(7-33)47-23/h12-15,18-23,26,33-34,40-41,44-45H,4-9H2,1-3H3,(H2,28,42)(H,29,35)(H,30,36)(H,31,37)(H,32,43)(H,38,39)/t12-,13+,14+,15+,18+,19+,20+,21+,22+,23+,26+,27+/m0/s1. The highest BCUT2D eigenvalue weighted by atomic mass is 16.6. The molecule has 2 rings (SSSR count). The van der Waals surface area contributed by atoms with E-state index in [9.17, 15) is 59.4 Å². The number of rotatable bonds is 16. The Hall–Kier alpha value is -3.54. The molecule has 21 heteroatoms. The molecule has 13 N–H and O–H groups in total. The minimum Gasteiger partial charge on any atom is -0.481 e. The summed E-state index contributed by atoms with van der Waals surface area (Å²) in [7, 11) is 0. The van der Waals surface area contributed by atoms with Crippen molar-refractivity contribution in [1.82, 2.24) is 21.3 Å². The molecule has 2 heterocycles. The Balaban J connectivity index is 2.44. The lowest BCUT2D eigenvalue weighted by molar-refractivity contribution is -0.344. The molecule has 0 radical (unpaired) electrons. The van der Waals surface area contributed by atoms with E-state index in [1.54, 1.807) is 0 Å². The molecule has 0 aromatic carbocycles. The summed E-state index contributed by atoms with van der Waals surface area (Å²) in [4.78, 5) is 72.7. The average molecular weight is 696 g/mol. The maximum Gasteiger partial charge on any atom is 0.303 e. The molecule has 12 atom stereocenters. The van der Waals surface area contributed by atoms with Gasteiger partial charge in [-0.25, -0.2) is 0 Å². The molecule has 2 aliphatic heterocycles. The molecule has 0 spiro atoms. The Morgan fingerprint density at radius 2 is 1.50 bits per heavy atom. The zero-order chi connectivity index (χ0) is 36.5. The van der Waals surface area contributed by atoms with E-state index < -0.39 is 134 Å². The predicted octanol–water partition coefficient (Wildman–Crippen LogP) is -6.97. The quantitative estimate of drug-likeness (QED) is 0.0713. The number of ether oxygens (including phenoxy) is 3. The van der Waals surface area contributed by atoms with E-state index in [-0.39, 0.29) is 12.8 Å². The van der Waals surface area contributed by atoms with Crippen molar-refractivity contribution in [3.05, 3.63) is 0 Å². The van der Waals surface area contributed by atoms with E-state index in [0.29, 0.717) is 0 Å². The molecule has 21 nitrogen and oxygen atoms in total. The van der Waals surface area contributed by atoms with Gasteiger partial charge in [0.05, 0.1) is 19.3 Å². The van der Waals surface area contributed by atoms with Crippen LogP contribution in [0.4, 0.5) is 0 Å². The second kappa shape index (κ2) is 17.7. The molecule has 0 aromatic heterocycles. The van der Waals surface area contributed by atoms with Crippen LogP contribution in [-0.4, -0.2) is 164 Å². The monoisotopic (exact) mass is 695 g/mol. The van der Waals surface area contributed by atoms with E-state index in [1.165, 1.54) is 6.92 Å². The van der Waals surface area contributed by atoms with Gasteiger partial charge in [-0.05, 0) is 12.8 Å². The van der Waals surface area contributed by atoms with Crippen molar-refractivity contribution in [2.75, 3.05) is 19.8 Å². The molecular formula is C27H45N5O16. The Labute approximate surface area is 274 Å². The number of hydrogen-bond donors (Lipinski definition) is 12. The smallest absolute Gasteiger partial charge is 0.303 e. The van der Waals surface area contributed by atoms with Crippen molar-refractivity contribution >= 4 is 35.5 Å². The van der Waals surface area contributed by atoms with Gasteiger partial charge in [0.15, 0.2) is 6.29 Å². The first-order chi connectivity index (χ1) is 22.4. The highest BCUT2D eigenvalue weighted by Gasteiger charge is 2.65. The summed E-state index contributed by atoms with van der Waals surface area (Å²) >= 11 is 0. The summed E-state index contributed by atoms with van der Waals surface area (Å²) in [6.07, 6.45) is -13.8. The van der Waals surface area contributed by atoms with Crippen LogP contribution < -0.4 is 27.0 Å². The van der Waals surface area contributed by atoms with Crippen molar-refractivity contribution in [1.29, 1.82) is 0 Å². The lowest BCUT2D eigenvalue weighted by Gasteiger charge is -2.56. The number of primary amides is 1. The second-order valence-corrected chi connectivity index (χ2v) is 11.5. The van der Waals surface area contributed by atoms with Gasteiger partial charge in [-0.2, -0.15) is 0 Å². The molecule has 2 saturated heterocycles. The zero-order valence-electron chi connectivity index (χ0n) is 26.5. The molecule has 274 valence electrons. The van der Waals surface area contributed by atoms with Crippen LogP contribution in [0.25, 0.3) is 0 Å². The van der Waals surface area contributed by atoms with Crippen LogP contribution in [0.5, 0.6) is 0 Å². The fourth-order valence-corrected chi connectivity index (χ4v) is 5.62. The fourth-order valence-electron chi connectivity index (χ4n) is 5.62. The van der Waals surface area contributed by atoms with Gasteiger partial charge in [0.2, 0.25) is 29.5 Å². The zero-order valence-corrected chi connectivity index (χ0v) is 26.5. The molecule has 0 aromatic rings. The van der Waals surface area contributed by atoms with Gasteiger partial charge in [-0.1, -0.05) is 6.92 Å². The highest BCUT2D eigenvalue weighted by Crippen LogP contribution is 2.40. The van der Waals surface area contributed by atoms with Crippen LogP contribution >= 0.6 is 0 Å². The van der Waals surface area contributed by atoms with Crippen LogP contribution in [0.3, 0.4) is 0 Å². The number of carboxylic acids is 1. The van der Waals surface area contributed by atoms with Crippen LogP contribution in [-0.2, 0) is 43.0 Å². The summed E-state index contributed by atoms with van der Waals surface area (Å²) in [6.45, 7) is 0.590. The number of nitrogens with one attached hydrogen (secondary N) is 4. The Bertz CT molecular complexity index is 1180. The third-order valence-corrected chi connectivity index (χ3v) is 7.96. The fraction of sp³-hybridized carbons (Fsp3) is 0.778. The van der Waals surface area contributed by atoms with E-state index in [2.05, 4.69) is 21.3 Å². The van der Waals surface area contributed by atoms with Crippen molar-refractivity contribution in [2.24, 2.45) is 5.73 Å². The molecular weight excluding hydrogens is 650 g/mol. The first-order valence-electron chi connectivity index (χ1n) is 15.0. The number of carbonyl (C=O) groups is 6.